The first-order chi connectivity index (χ1) is 14.4. The molecule has 1 heterocycles. The highest BCUT2D eigenvalue weighted by Gasteiger charge is 2.20. The number of hydrogen-bond acceptors (Lipinski definition) is 4. The Kier molecular flexibility index (Phi) is 5.22. The largest absolute Gasteiger partial charge is 0.399 e. The van der Waals surface area contributed by atoms with Crippen LogP contribution in [0.2, 0.25) is 0 Å². The molecule has 0 spiro atoms. The van der Waals surface area contributed by atoms with Gasteiger partial charge in [0.2, 0.25) is 0 Å². The lowest BCUT2D eigenvalue weighted by molar-refractivity contribution is 0.601. The maximum absolute atomic E-state index is 13.0. The van der Waals surface area contributed by atoms with E-state index in [9.17, 15) is 8.42 Å². The molecule has 0 fully saturated rings. The van der Waals surface area contributed by atoms with Crippen LogP contribution in [0.15, 0.2) is 71.6 Å². The number of nitrogens with zero attached hydrogens (tertiary/aromatic N) is 2. The first-order valence-corrected chi connectivity index (χ1v) is 11.3. The minimum Gasteiger partial charge on any atom is -0.399 e. The van der Waals surface area contributed by atoms with Crippen LogP contribution in [0.1, 0.15) is 18.9 Å². The van der Waals surface area contributed by atoms with Crippen LogP contribution in [-0.4, -0.2) is 18.0 Å². The van der Waals surface area contributed by atoms with E-state index in [1.165, 1.54) is 0 Å². The summed E-state index contributed by atoms with van der Waals surface area (Å²) in [6, 6.07) is 19.7. The molecule has 4 rings (SSSR count). The molecule has 3 N–H and O–H groups in total. The normalized spacial score (nSPS) is 11.7. The molecule has 0 aliphatic heterocycles. The topological polar surface area (TPSA) is 90.0 Å². The molecule has 0 aliphatic rings. The molecular weight excluding hydrogens is 396 g/mol. The van der Waals surface area contributed by atoms with Crippen molar-refractivity contribution in [1.82, 2.24) is 9.55 Å². The van der Waals surface area contributed by atoms with Crippen LogP contribution in [0.25, 0.3) is 22.4 Å². The number of aryl methyl sites for hydroxylation is 2. The fourth-order valence-corrected chi connectivity index (χ4v) is 4.57. The van der Waals surface area contributed by atoms with Gasteiger partial charge in [-0.15, -0.1) is 0 Å². The molecule has 0 amide bonds. The summed E-state index contributed by atoms with van der Waals surface area (Å²) in [5, 5.41) is 0. The van der Waals surface area contributed by atoms with Crippen LogP contribution in [-0.2, 0) is 16.6 Å². The summed E-state index contributed by atoms with van der Waals surface area (Å²) in [6.07, 6.45) is 0.917. The third-order valence-corrected chi connectivity index (χ3v) is 6.34. The molecule has 0 saturated carbocycles. The van der Waals surface area contributed by atoms with Crippen LogP contribution in [0.5, 0.6) is 0 Å². The lowest BCUT2D eigenvalue weighted by Gasteiger charge is -2.14. The molecule has 6 nitrogen and oxygen atoms in total. The third kappa shape index (κ3) is 3.76. The minimum atomic E-state index is -3.73. The van der Waals surface area contributed by atoms with E-state index in [-0.39, 0.29) is 4.90 Å². The lowest BCUT2D eigenvalue weighted by Crippen LogP contribution is -2.14. The molecule has 7 heteroatoms. The summed E-state index contributed by atoms with van der Waals surface area (Å²) >= 11 is 0. The highest BCUT2D eigenvalue weighted by molar-refractivity contribution is 7.92. The smallest absolute Gasteiger partial charge is 0.261 e. The van der Waals surface area contributed by atoms with Gasteiger partial charge in [-0.2, -0.15) is 0 Å². The number of nitrogens with one attached hydrogen (secondary N) is 1. The Bertz CT molecular complexity index is 1310. The third-order valence-electron chi connectivity index (χ3n) is 4.96. The monoisotopic (exact) mass is 420 g/mol. The number of benzene rings is 3. The molecule has 0 radical (unpaired) electrons. The number of nitrogen functional groups attached to an aromatic ring is 1. The molecule has 154 valence electrons. The first-order valence-electron chi connectivity index (χ1n) is 9.83. The fraction of sp³-hybridized carbons (Fsp3) is 0.174. The highest BCUT2D eigenvalue weighted by Crippen LogP contribution is 2.32. The zero-order chi connectivity index (χ0) is 21.3. The molecular formula is C23H24N4O2S. The van der Waals surface area contributed by atoms with E-state index < -0.39 is 10.0 Å². The molecule has 0 bridgehead atoms. The summed E-state index contributed by atoms with van der Waals surface area (Å²) in [6.45, 7) is 4.78. The van der Waals surface area contributed by atoms with E-state index in [0.717, 1.165) is 35.1 Å². The van der Waals surface area contributed by atoms with Gasteiger partial charge in [0, 0.05) is 17.8 Å². The van der Waals surface area contributed by atoms with Crippen molar-refractivity contribution in [2.75, 3.05) is 10.5 Å². The van der Waals surface area contributed by atoms with Gasteiger partial charge < -0.3 is 10.3 Å². The Morgan fingerprint density at radius 1 is 1.03 bits per heavy atom. The number of imidazole rings is 1. The number of para-hydroxylation sites is 1. The van der Waals surface area contributed by atoms with Gasteiger partial charge in [-0.05, 0) is 55.8 Å². The van der Waals surface area contributed by atoms with Crippen molar-refractivity contribution in [3.63, 3.8) is 0 Å². The Balaban J connectivity index is 1.83. The minimum absolute atomic E-state index is 0.220. The second kappa shape index (κ2) is 7.84. The van der Waals surface area contributed by atoms with Gasteiger partial charge in [0.1, 0.15) is 5.82 Å². The average molecular weight is 421 g/mol. The van der Waals surface area contributed by atoms with Crippen LogP contribution >= 0.6 is 0 Å². The molecule has 30 heavy (non-hydrogen) atoms. The van der Waals surface area contributed by atoms with E-state index in [0.29, 0.717) is 17.2 Å². The second-order valence-corrected chi connectivity index (χ2v) is 8.98. The van der Waals surface area contributed by atoms with Gasteiger partial charge in [-0.3, -0.25) is 4.72 Å². The van der Waals surface area contributed by atoms with E-state index >= 15 is 0 Å². The molecule has 0 saturated heterocycles. The first kappa shape index (κ1) is 20.0. The van der Waals surface area contributed by atoms with Gasteiger partial charge in [0.15, 0.2) is 0 Å². The van der Waals surface area contributed by atoms with E-state index in [4.69, 9.17) is 10.7 Å². The molecule has 0 atom stereocenters. The number of sulfonamides is 1. The van der Waals surface area contributed by atoms with Crippen molar-refractivity contribution in [3.05, 3.63) is 72.3 Å². The molecule has 0 unspecified atom stereocenters. The van der Waals surface area contributed by atoms with Gasteiger partial charge in [0.25, 0.3) is 10.0 Å². The van der Waals surface area contributed by atoms with E-state index in [2.05, 4.69) is 16.2 Å². The number of fused-ring (bicyclic) bond motifs is 1. The number of anilines is 2. The molecule has 0 aliphatic carbocycles. The summed E-state index contributed by atoms with van der Waals surface area (Å²) in [4.78, 5) is 5.01. The predicted molar refractivity (Wildman–Crippen MR) is 122 cm³/mol. The van der Waals surface area contributed by atoms with Crippen molar-refractivity contribution in [1.29, 1.82) is 0 Å². The Labute approximate surface area is 176 Å². The Morgan fingerprint density at radius 2 is 1.77 bits per heavy atom. The van der Waals surface area contributed by atoms with Crippen molar-refractivity contribution < 1.29 is 8.42 Å². The van der Waals surface area contributed by atoms with Gasteiger partial charge in [-0.1, -0.05) is 36.8 Å². The van der Waals surface area contributed by atoms with Crippen LogP contribution in [0.4, 0.5) is 11.4 Å². The predicted octanol–water partition coefficient (Wildman–Crippen LogP) is 4.80. The lowest BCUT2D eigenvalue weighted by atomic mass is 10.1. The van der Waals surface area contributed by atoms with E-state index in [1.807, 2.05) is 37.3 Å². The number of rotatable bonds is 6. The summed E-state index contributed by atoms with van der Waals surface area (Å²) in [5.41, 5.74) is 10.5. The Hall–Kier alpha value is -3.32. The SMILES string of the molecule is CCCn1c(-c2ccccc2NS(=O)(=O)c2ccc(C)cc2)nc2cc(N)ccc21. The maximum atomic E-state index is 13.0. The van der Waals surface area contributed by atoms with Crippen molar-refractivity contribution in [3.8, 4) is 11.4 Å². The summed E-state index contributed by atoms with van der Waals surface area (Å²) in [7, 11) is -3.73. The van der Waals surface area contributed by atoms with Gasteiger partial charge in [0.05, 0.1) is 21.6 Å². The van der Waals surface area contributed by atoms with Crippen molar-refractivity contribution >= 4 is 32.4 Å². The zero-order valence-electron chi connectivity index (χ0n) is 17.0. The second-order valence-electron chi connectivity index (χ2n) is 7.30. The summed E-state index contributed by atoms with van der Waals surface area (Å²) in [5.74, 6) is 0.708. The zero-order valence-corrected chi connectivity index (χ0v) is 17.8. The molecule has 1 aromatic heterocycles. The van der Waals surface area contributed by atoms with Crippen LogP contribution < -0.4 is 10.5 Å². The quantitative estimate of drug-likeness (QED) is 0.438. The highest BCUT2D eigenvalue weighted by atomic mass is 32.2. The van der Waals surface area contributed by atoms with E-state index in [1.54, 1.807) is 36.4 Å². The molecule has 4 aromatic rings. The average Bonchev–Trinajstić information content (AvgIpc) is 3.06. The number of hydrogen-bond donors (Lipinski definition) is 2. The maximum Gasteiger partial charge on any atom is 0.261 e. The van der Waals surface area contributed by atoms with Gasteiger partial charge in [-0.25, -0.2) is 13.4 Å². The fourth-order valence-electron chi connectivity index (χ4n) is 3.49. The molecule has 3 aromatic carbocycles. The summed E-state index contributed by atoms with van der Waals surface area (Å²) < 4.78 is 30.8. The van der Waals surface area contributed by atoms with Crippen molar-refractivity contribution in [2.45, 2.75) is 31.7 Å². The number of aromatic nitrogens is 2. The van der Waals surface area contributed by atoms with Crippen LogP contribution in [0, 0.1) is 6.92 Å². The standard InChI is InChI=1S/C23H24N4O2S/c1-3-14-27-22-13-10-17(24)15-21(22)25-23(27)19-6-4-5-7-20(19)26-30(28,29)18-11-8-16(2)9-12-18/h4-13,15,26H,3,14,24H2,1-2H3. The Morgan fingerprint density at radius 3 is 2.50 bits per heavy atom. The van der Waals surface area contributed by atoms with Gasteiger partial charge >= 0.3 is 0 Å². The van der Waals surface area contributed by atoms with Crippen molar-refractivity contribution in [2.24, 2.45) is 0 Å². The van der Waals surface area contributed by atoms with Crippen LogP contribution in [0.3, 0.4) is 0 Å². The number of nitrogens with two attached hydrogens (primary N) is 1.